The Morgan fingerprint density at radius 2 is 2.35 bits per heavy atom. The van der Waals surface area contributed by atoms with Gasteiger partial charge in [0.2, 0.25) is 5.91 Å². The zero-order valence-corrected chi connectivity index (χ0v) is 11.7. The summed E-state index contributed by atoms with van der Waals surface area (Å²) in [7, 11) is 1.67. The first-order valence-electron chi connectivity index (χ1n) is 6.64. The molecule has 0 radical (unpaired) electrons. The highest BCUT2D eigenvalue weighted by molar-refractivity contribution is 5.95. The van der Waals surface area contributed by atoms with E-state index in [2.05, 4.69) is 5.32 Å². The average molecular weight is 281 g/mol. The third-order valence-electron chi connectivity index (χ3n) is 3.69. The van der Waals surface area contributed by atoms with Gasteiger partial charge in [0.05, 0.1) is 17.8 Å². The van der Waals surface area contributed by atoms with Crippen molar-refractivity contribution < 1.29 is 13.9 Å². The predicted molar refractivity (Wildman–Crippen MR) is 75.9 cm³/mol. The number of likely N-dealkylation sites (tertiary alicyclic amines) is 1. The van der Waals surface area contributed by atoms with Crippen LogP contribution < -0.4 is 11.1 Å². The van der Waals surface area contributed by atoms with Crippen molar-refractivity contribution in [2.75, 3.05) is 31.2 Å². The van der Waals surface area contributed by atoms with Crippen LogP contribution in [0.15, 0.2) is 18.2 Å². The van der Waals surface area contributed by atoms with Gasteiger partial charge in [-0.15, -0.1) is 0 Å². The van der Waals surface area contributed by atoms with Crippen molar-refractivity contribution in [3.63, 3.8) is 0 Å². The number of methoxy groups -OCH3 is 1. The maximum absolute atomic E-state index is 13.6. The van der Waals surface area contributed by atoms with Gasteiger partial charge in [0.15, 0.2) is 0 Å². The summed E-state index contributed by atoms with van der Waals surface area (Å²) in [6.07, 6.45) is 1.06. The smallest absolute Gasteiger partial charge is 0.241 e. The first-order chi connectivity index (χ1) is 9.51. The molecule has 1 heterocycles. The number of carbonyl (C=O) groups excluding carboxylic acids is 1. The molecule has 3 N–H and O–H groups in total. The number of carbonyl (C=O) groups is 1. The number of nitrogens with zero attached hydrogens (tertiary/aromatic N) is 1. The highest BCUT2D eigenvalue weighted by atomic mass is 19.1. The van der Waals surface area contributed by atoms with Crippen molar-refractivity contribution in [2.45, 2.75) is 25.5 Å². The van der Waals surface area contributed by atoms with Crippen molar-refractivity contribution in [3.05, 3.63) is 24.0 Å². The van der Waals surface area contributed by atoms with E-state index in [9.17, 15) is 9.18 Å². The van der Waals surface area contributed by atoms with E-state index in [1.165, 1.54) is 18.2 Å². The molecule has 0 bridgehead atoms. The third-order valence-corrected chi connectivity index (χ3v) is 3.69. The lowest BCUT2D eigenvalue weighted by Crippen LogP contribution is -2.41. The van der Waals surface area contributed by atoms with Crippen LogP contribution in [0.4, 0.5) is 15.8 Å². The normalized spacial score (nSPS) is 20.9. The third kappa shape index (κ3) is 3.26. The molecule has 1 aromatic carbocycles. The zero-order chi connectivity index (χ0) is 14.7. The number of amides is 1. The quantitative estimate of drug-likeness (QED) is 0.820. The SMILES string of the molecule is COC1CCN(C(C)C(=O)Nc2cc(N)ccc2F)C1. The highest BCUT2D eigenvalue weighted by Crippen LogP contribution is 2.20. The number of nitrogens with two attached hydrogens (primary N) is 1. The van der Waals surface area contributed by atoms with Crippen LogP contribution in [0.3, 0.4) is 0 Å². The maximum atomic E-state index is 13.6. The van der Waals surface area contributed by atoms with Crippen molar-refractivity contribution >= 4 is 17.3 Å². The molecular formula is C14H20FN3O2. The molecule has 110 valence electrons. The average Bonchev–Trinajstić information content (AvgIpc) is 2.90. The molecule has 6 heteroatoms. The molecule has 0 saturated carbocycles. The van der Waals surface area contributed by atoms with Gasteiger partial charge in [-0.1, -0.05) is 0 Å². The van der Waals surface area contributed by atoms with Gasteiger partial charge in [-0.2, -0.15) is 0 Å². The number of anilines is 2. The molecule has 2 unspecified atom stereocenters. The first kappa shape index (κ1) is 14.7. The van der Waals surface area contributed by atoms with Gasteiger partial charge in [-0.25, -0.2) is 4.39 Å². The molecule has 5 nitrogen and oxygen atoms in total. The van der Waals surface area contributed by atoms with Crippen LogP contribution in [-0.4, -0.2) is 43.2 Å². The zero-order valence-electron chi connectivity index (χ0n) is 11.7. The van der Waals surface area contributed by atoms with E-state index in [0.717, 1.165) is 13.0 Å². The number of halogens is 1. The van der Waals surface area contributed by atoms with Crippen molar-refractivity contribution in [1.82, 2.24) is 4.90 Å². The standard InChI is InChI=1S/C14H20FN3O2/c1-9(18-6-5-11(8-18)20-2)14(19)17-13-7-10(16)3-4-12(13)15/h3-4,7,9,11H,5-6,8,16H2,1-2H3,(H,17,19). The summed E-state index contributed by atoms with van der Waals surface area (Å²) in [5.41, 5.74) is 6.12. The number of ether oxygens (including phenoxy) is 1. The van der Waals surface area contributed by atoms with Gasteiger partial charge < -0.3 is 15.8 Å². The van der Waals surface area contributed by atoms with Crippen LogP contribution in [0.2, 0.25) is 0 Å². The van der Waals surface area contributed by atoms with Gasteiger partial charge in [0.25, 0.3) is 0 Å². The Balaban J connectivity index is 1.99. The molecule has 1 saturated heterocycles. The molecule has 1 aromatic rings. The van der Waals surface area contributed by atoms with Crippen LogP contribution in [0, 0.1) is 5.82 Å². The largest absolute Gasteiger partial charge is 0.399 e. The first-order valence-corrected chi connectivity index (χ1v) is 6.64. The van der Waals surface area contributed by atoms with E-state index in [1.807, 2.05) is 4.90 Å². The fourth-order valence-corrected chi connectivity index (χ4v) is 2.34. The van der Waals surface area contributed by atoms with E-state index < -0.39 is 5.82 Å². The summed E-state index contributed by atoms with van der Waals surface area (Å²) in [6, 6.07) is 3.78. The van der Waals surface area contributed by atoms with Crippen molar-refractivity contribution in [1.29, 1.82) is 0 Å². The van der Waals surface area contributed by atoms with Gasteiger partial charge >= 0.3 is 0 Å². The molecule has 0 spiro atoms. The Labute approximate surface area is 117 Å². The number of rotatable bonds is 4. The molecule has 1 fully saturated rings. The topological polar surface area (TPSA) is 67.6 Å². The Bertz CT molecular complexity index is 495. The molecule has 2 rings (SSSR count). The minimum Gasteiger partial charge on any atom is -0.399 e. The molecule has 2 atom stereocenters. The fourth-order valence-electron chi connectivity index (χ4n) is 2.34. The molecule has 1 aliphatic heterocycles. The van der Waals surface area contributed by atoms with Crippen LogP contribution in [0.1, 0.15) is 13.3 Å². The van der Waals surface area contributed by atoms with E-state index in [1.54, 1.807) is 14.0 Å². The number of nitrogen functional groups attached to an aromatic ring is 1. The van der Waals surface area contributed by atoms with Crippen LogP contribution >= 0.6 is 0 Å². The second kappa shape index (κ2) is 6.19. The van der Waals surface area contributed by atoms with E-state index in [0.29, 0.717) is 12.2 Å². The molecule has 0 aliphatic carbocycles. The van der Waals surface area contributed by atoms with Crippen LogP contribution in [-0.2, 0) is 9.53 Å². The summed E-state index contributed by atoms with van der Waals surface area (Å²) in [4.78, 5) is 14.2. The summed E-state index contributed by atoms with van der Waals surface area (Å²) < 4.78 is 18.9. The van der Waals surface area contributed by atoms with Crippen molar-refractivity contribution in [2.24, 2.45) is 0 Å². The molecular weight excluding hydrogens is 261 g/mol. The number of nitrogens with one attached hydrogen (secondary N) is 1. The van der Waals surface area contributed by atoms with Gasteiger partial charge in [-0.3, -0.25) is 9.69 Å². The minimum absolute atomic E-state index is 0.115. The summed E-state index contributed by atoms with van der Waals surface area (Å²) in [5.74, 6) is -0.734. The van der Waals surface area contributed by atoms with Gasteiger partial charge in [-0.05, 0) is 31.5 Å². The van der Waals surface area contributed by atoms with Crippen molar-refractivity contribution in [3.8, 4) is 0 Å². The summed E-state index contributed by atoms with van der Waals surface area (Å²) in [5, 5.41) is 2.58. The fraction of sp³-hybridized carbons (Fsp3) is 0.500. The second-order valence-corrected chi connectivity index (χ2v) is 5.05. The van der Waals surface area contributed by atoms with Gasteiger partial charge in [0, 0.05) is 25.9 Å². The van der Waals surface area contributed by atoms with Crippen LogP contribution in [0.25, 0.3) is 0 Å². The Morgan fingerprint density at radius 3 is 3.00 bits per heavy atom. The van der Waals surface area contributed by atoms with E-state index >= 15 is 0 Å². The maximum Gasteiger partial charge on any atom is 0.241 e. The van der Waals surface area contributed by atoms with E-state index in [-0.39, 0.29) is 23.7 Å². The second-order valence-electron chi connectivity index (χ2n) is 5.05. The Morgan fingerprint density at radius 1 is 1.60 bits per heavy atom. The number of hydrogen-bond acceptors (Lipinski definition) is 4. The molecule has 20 heavy (non-hydrogen) atoms. The Hall–Kier alpha value is -1.66. The van der Waals surface area contributed by atoms with Crippen LogP contribution in [0.5, 0.6) is 0 Å². The number of hydrogen-bond donors (Lipinski definition) is 2. The summed E-state index contributed by atoms with van der Waals surface area (Å²) >= 11 is 0. The number of benzene rings is 1. The highest BCUT2D eigenvalue weighted by Gasteiger charge is 2.29. The lowest BCUT2D eigenvalue weighted by Gasteiger charge is -2.23. The molecule has 1 amide bonds. The molecule has 1 aliphatic rings. The lowest BCUT2D eigenvalue weighted by atomic mass is 10.2. The van der Waals surface area contributed by atoms with Gasteiger partial charge in [0.1, 0.15) is 5.82 Å². The molecule has 0 aromatic heterocycles. The minimum atomic E-state index is -0.490. The monoisotopic (exact) mass is 281 g/mol. The lowest BCUT2D eigenvalue weighted by molar-refractivity contribution is -0.120. The predicted octanol–water partition coefficient (Wildman–Crippen LogP) is 1.46. The summed E-state index contributed by atoms with van der Waals surface area (Å²) in [6.45, 7) is 3.31. The van der Waals surface area contributed by atoms with E-state index in [4.69, 9.17) is 10.5 Å². The Kier molecular flexibility index (Phi) is 4.57.